The lowest BCUT2D eigenvalue weighted by Crippen LogP contribution is -2.48. The van der Waals surface area contributed by atoms with Crippen molar-refractivity contribution < 1.29 is 13.6 Å². The molecule has 1 N–H and O–H groups in total. The van der Waals surface area contributed by atoms with Crippen molar-refractivity contribution in [2.45, 2.75) is 31.2 Å². The standard InChI is InChI=1S/C13H14BrF2NO/c14-8-13(5-1-2-6-13)17-12(18)10-7-9(15)3-4-11(10)16/h3-4,7H,1-2,5-6,8H2,(H,17,18). The highest BCUT2D eigenvalue weighted by molar-refractivity contribution is 9.09. The minimum absolute atomic E-state index is 0.234. The van der Waals surface area contributed by atoms with Gasteiger partial charge in [-0.05, 0) is 31.0 Å². The normalized spacial score (nSPS) is 17.7. The SMILES string of the molecule is O=C(NC1(CBr)CCCC1)c1cc(F)ccc1F. The fourth-order valence-electron chi connectivity index (χ4n) is 2.32. The second-order valence-electron chi connectivity index (χ2n) is 4.70. The van der Waals surface area contributed by atoms with Crippen molar-refractivity contribution in [3.05, 3.63) is 35.4 Å². The molecule has 0 aliphatic heterocycles. The maximum Gasteiger partial charge on any atom is 0.254 e. The van der Waals surface area contributed by atoms with Gasteiger partial charge in [-0.1, -0.05) is 28.8 Å². The van der Waals surface area contributed by atoms with Gasteiger partial charge < -0.3 is 5.32 Å². The Morgan fingerprint density at radius 1 is 1.33 bits per heavy atom. The maximum atomic E-state index is 13.5. The molecule has 1 aromatic rings. The molecule has 0 atom stereocenters. The van der Waals surface area contributed by atoms with E-state index in [9.17, 15) is 13.6 Å². The van der Waals surface area contributed by atoms with E-state index in [0.29, 0.717) is 5.33 Å². The molecule has 0 saturated heterocycles. The van der Waals surface area contributed by atoms with Gasteiger partial charge in [0.2, 0.25) is 0 Å². The second-order valence-corrected chi connectivity index (χ2v) is 5.26. The van der Waals surface area contributed by atoms with E-state index < -0.39 is 17.5 Å². The molecular formula is C13H14BrF2NO. The van der Waals surface area contributed by atoms with Crippen LogP contribution in [-0.4, -0.2) is 16.8 Å². The molecule has 2 rings (SSSR count). The summed E-state index contributed by atoms with van der Waals surface area (Å²) in [5.41, 5.74) is -0.558. The van der Waals surface area contributed by atoms with E-state index in [1.807, 2.05) is 0 Å². The number of halogens is 3. The molecule has 0 unspecified atom stereocenters. The summed E-state index contributed by atoms with van der Waals surface area (Å²) in [5, 5.41) is 3.46. The van der Waals surface area contributed by atoms with Crippen molar-refractivity contribution >= 4 is 21.8 Å². The Hall–Kier alpha value is -0.970. The summed E-state index contributed by atoms with van der Waals surface area (Å²) in [6.45, 7) is 0. The first-order valence-electron chi connectivity index (χ1n) is 5.90. The number of nitrogens with one attached hydrogen (secondary N) is 1. The van der Waals surface area contributed by atoms with Crippen molar-refractivity contribution in [1.82, 2.24) is 5.32 Å². The van der Waals surface area contributed by atoms with Gasteiger partial charge >= 0.3 is 0 Å². The highest BCUT2D eigenvalue weighted by Crippen LogP contribution is 2.31. The summed E-state index contributed by atoms with van der Waals surface area (Å²) >= 11 is 3.38. The van der Waals surface area contributed by atoms with Crippen LogP contribution in [0.5, 0.6) is 0 Å². The second kappa shape index (κ2) is 5.34. The number of rotatable bonds is 3. The van der Waals surface area contributed by atoms with E-state index in [0.717, 1.165) is 43.9 Å². The molecule has 0 bridgehead atoms. The van der Waals surface area contributed by atoms with Gasteiger partial charge in [0.1, 0.15) is 11.6 Å². The first-order chi connectivity index (χ1) is 8.56. The molecule has 1 aromatic carbocycles. The van der Waals surface area contributed by atoms with Crippen LogP contribution in [0.15, 0.2) is 18.2 Å². The van der Waals surface area contributed by atoms with Crippen LogP contribution < -0.4 is 5.32 Å². The Labute approximate surface area is 113 Å². The minimum Gasteiger partial charge on any atom is -0.346 e. The molecule has 1 aliphatic carbocycles. The van der Waals surface area contributed by atoms with Crippen LogP contribution in [0.2, 0.25) is 0 Å². The van der Waals surface area contributed by atoms with Gasteiger partial charge in [-0.3, -0.25) is 4.79 Å². The topological polar surface area (TPSA) is 29.1 Å². The number of amides is 1. The molecule has 18 heavy (non-hydrogen) atoms. The van der Waals surface area contributed by atoms with E-state index >= 15 is 0 Å². The summed E-state index contributed by atoms with van der Waals surface area (Å²) in [6.07, 6.45) is 3.80. The van der Waals surface area contributed by atoms with Gasteiger partial charge in [0.25, 0.3) is 5.91 Å². The van der Waals surface area contributed by atoms with E-state index in [-0.39, 0.29) is 11.1 Å². The van der Waals surface area contributed by atoms with E-state index in [1.54, 1.807) is 0 Å². The van der Waals surface area contributed by atoms with Gasteiger partial charge in [0, 0.05) is 5.33 Å². The Morgan fingerprint density at radius 2 is 2.00 bits per heavy atom. The summed E-state index contributed by atoms with van der Waals surface area (Å²) in [5.74, 6) is -1.86. The van der Waals surface area contributed by atoms with Crippen molar-refractivity contribution in [3.8, 4) is 0 Å². The number of hydrogen-bond acceptors (Lipinski definition) is 1. The summed E-state index contributed by atoms with van der Waals surface area (Å²) in [7, 11) is 0. The summed E-state index contributed by atoms with van der Waals surface area (Å²) in [4.78, 5) is 12.0. The Kier molecular flexibility index (Phi) is 4.00. The summed E-state index contributed by atoms with van der Waals surface area (Å²) < 4.78 is 26.5. The number of benzene rings is 1. The Bertz CT molecular complexity index is 458. The lowest BCUT2D eigenvalue weighted by molar-refractivity contribution is 0.0905. The Morgan fingerprint density at radius 3 is 2.61 bits per heavy atom. The largest absolute Gasteiger partial charge is 0.346 e. The number of carbonyl (C=O) groups is 1. The predicted octanol–water partition coefficient (Wildman–Crippen LogP) is 3.40. The average Bonchev–Trinajstić information content (AvgIpc) is 2.81. The molecule has 1 amide bonds. The molecule has 0 aromatic heterocycles. The molecule has 5 heteroatoms. The van der Waals surface area contributed by atoms with Crippen LogP contribution in [0.1, 0.15) is 36.0 Å². The maximum absolute atomic E-state index is 13.5. The quantitative estimate of drug-likeness (QED) is 0.850. The molecule has 2 nitrogen and oxygen atoms in total. The minimum atomic E-state index is -0.698. The molecule has 1 fully saturated rings. The molecule has 1 saturated carbocycles. The molecule has 0 radical (unpaired) electrons. The molecule has 0 spiro atoms. The van der Waals surface area contributed by atoms with Gasteiger partial charge in [-0.2, -0.15) is 0 Å². The third kappa shape index (κ3) is 2.71. The monoisotopic (exact) mass is 317 g/mol. The van der Waals surface area contributed by atoms with Crippen LogP contribution in [0.25, 0.3) is 0 Å². The third-order valence-electron chi connectivity index (χ3n) is 3.37. The van der Waals surface area contributed by atoms with Gasteiger partial charge in [-0.15, -0.1) is 0 Å². The van der Waals surface area contributed by atoms with Crippen molar-refractivity contribution in [1.29, 1.82) is 0 Å². The highest BCUT2D eigenvalue weighted by Gasteiger charge is 2.34. The van der Waals surface area contributed by atoms with Crippen LogP contribution >= 0.6 is 15.9 Å². The first kappa shape index (κ1) is 13.5. The van der Waals surface area contributed by atoms with Crippen LogP contribution in [0.4, 0.5) is 8.78 Å². The molecular weight excluding hydrogens is 304 g/mol. The summed E-state index contributed by atoms with van der Waals surface area (Å²) in [6, 6.07) is 2.91. The van der Waals surface area contributed by atoms with Gasteiger partial charge in [0.05, 0.1) is 11.1 Å². The zero-order valence-electron chi connectivity index (χ0n) is 9.81. The lowest BCUT2D eigenvalue weighted by Gasteiger charge is -2.28. The fourth-order valence-corrected chi connectivity index (χ4v) is 3.02. The zero-order valence-corrected chi connectivity index (χ0v) is 11.4. The van der Waals surface area contributed by atoms with Crippen LogP contribution in [0, 0.1) is 11.6 Å². The number of carbonyl (C=O) groups excluding carboxylic acids is 1. The van der Waals surface area contributed by atoms with Crippen molar-refractivity contribution in [2.24, 2.45) is 0 Å². The van der Waals surface area contributed by atoms with Crippen LogP contribution in [-0.2, 0) is 0 Å². The number of alkyl halides is 1. The van der Waals surface area contributed by atoms with Crippen molar-refractivity contribution in [3.63, 3.8) is 0 Å². The van der Waals surface area contributed by atoms with Crippen LogP contribution in [0.3, 0.4) is 0 Å². The third-order valence-corrected chi connectivity index (χ3v) is 4.44. The van der Waals surface area contributed by atoms with E-state index in [2.05, 4.69) is 21.2 Å². The van der Waals surface area contributed by atoms with E-state index in [4.69, 9.17) is 0 Å². The van der Waals surface area contributed by atoms with E-state index in [1.165, 1.54) is 0 Å². The highest BCUT2D eigenvalue weighted by atomic mass is 79.9. The number of hydrogen-bond donors (Lipinski definition) is 1. The average molecular weight is 318 g/mol. The predicted molar refractivity (Wildman–Crippen MR) is 68.8 cm³/mol. The first-order valence-corrected chi connectivity index (χ1v) is 7.02. The fraction of sp³-hybridized carbons (Fsp3) is 0.462. The van der Waals surface area contributed by atoms with Gasteiger partial charge in [0.15, 0.2) is 0 Å². The smallest absolute Gasteiger partial charge is 0.254 e. The molecule has 98 valence electrons. The van der Waals surface area contributed by atoms with Gasteiger partial charge in [-0.25, -0.2) is 8.78 Å². The lowest BCUT2D eigenvalue weighted by atomic mass is 10.00. The Balaban J connectivity index is 2.18. The van der Waals surface area contributed by atoms with Crippen molar-refractivity contribution in [2.75, 3.05) is 5.33 Å². The zero-order chi connectivity index (χ0) is 13.2. The molecule has 0 heterocycles. The molecule has 1 aliphatic rings.